The summed E-state index contributed by atoms with van der Waals surface area (Å²) in [6, 6.07) is 14.6. The summed E-state index contributed by atoms with van der Waals surface area (Å²) >= 11 is 0. The Kier molecular flexibility index (Phi) is 5.89. The Bertz CT molecular complexity index is 1220. The Labute approximate surface area is 177 Å². The molecule has 0 bridgehead atoms. The Balaban J connectivity index is 1.38. The molecule has 2 heterocycles. The van der Waals surface area contributed by atoms with Crippen LogP contribution in [0.5, 0.6) is 0 Å². The maximum absolute atomic E-state index is 13.5. The Hall–Kier alpha value is -4.20. The number of hydrogen-bond acceptors (Lipinski definition) is 3. The van der Waals surface area contributed by atoms with E-state index < -0.39 is 6.03 Å². The van der Waals surface area contributed by atoms with E-state index in [-0.39, 0.29) is 11.7 Å². The minimum Gasteiger partial charge on any atom is -0.361 e. The molecular weight excluding hydrogens is 397 g/mol. The monoisotopic (exact) mass is 417 g/mol. The van der Waals surface area contributed by atoms with Crippen molar-refractivity contribution in [1.82, 2.24) is 15.3 Å². The fraction of sp³-hybridized carbons (Fsp3) is 0.0870. The van der Waals surface area contributed by atoms with E-state index in [9.17, 15) is 14.0 Å². The molecule has 156 valence electrons. The molecule has 0 aliphatic carbocycles. The molecule has 2 aromatic carbocycles. The van der Waals surface area contributed by atoms with E-state index in [4.69, 9.17) is 0 Å². The van der Waals surface area contributed by atoms with Crippen LogP contribution in [0.3, 0.4) is 0 Å². The first-order chi connectivity index (χ1) is 15.1. The third-order valence-corrected chi connectivity index (χ3v) is 4.75. The number of aromatic amines is 1. The number of carbonyl (C=O) groups is 2. The van der Waals surface area contributed by atoms with Gasteiger partial charge in [0, 0.05) is 35.5 Å². The van der Waals surface area contributed by atoms with Crippen LogP contribution in [0.25, 0.3) is 10.9 Å². The molecule has 0 unspecified atom stereocenters. The summed E-state index contributed by atoms with van der Waals surface area (Å²) in [5.74, 6) is -0.651. The molecule has 4 N–H and O–H groups in total. The van der Waals surface area contributed by atoms with Gasteiger partial charge in [0.05, 0.1) is 17.4 Å². The molecule has 0 aliphatic rings. The number of halogens is 1. The third kappa shape index (κ3) is 4.87. The number of carbonyl (C=O) groups excluding carboxylic acids is 2. The first-order valence-electron chi connectivity index (χ1n) is 9.71. The van der Waals surface area contributed by atoms with Crippen LogP contribution in [0.4, 0.5) is 20.6 Å². The summed E-state index contributed by atoms with van der Waals surface area (Å²) in [6.45, 7) is 0.347. The lowest BCUT2D eigenvalue weighted by atomic mass is 10.1. The summed E-state index contributed by atoms with van der Waals surface area (Å²) in [5, 5.41) is 8.97. The van der Waals surface area contributed by atoms with Crippen LogP contribution in [0, 0.1) is 5.82 Å². The minimum atomic E-state index is -0.478. The Morgan fingerprint density at radius 3 is 2.71 bits per heavy atom. The highest BCUT2D eigenvalue weighted by Crippen LogP contribution is 2.20. The molecule has 0 spiro atoms. The largest absolute Gasteiger partial charge is 0.361 e. The van der Waals surface area contributed by atoms with E-state index in [2.05, 4.69) is 25.9 Å². The van der Waals surface area contributed by atoms with E-state index >= 15 is 0 Å². The fourth-order valence-electron chi connectivity index (χ4n) is 3.26. The van der Waals surface area contributed by atoms with Crippen molar-refractivity contribution in [2.45, 2.75) is 6.42 Å². The number of anilines is 2. The predicted octanol–water partition coefficient (Wildman–Crippen LogP) is 4.32. The molecule has 8 heteroatoms. The quantitative estimate of drug-likeness (QED) is 0.376. The van der Waals surface area contributed by atoms with Crippen molar-refractivity contribution >= 4 is 34.2 Å². The summed E-state index contributed by atoms with van der Waals surface area (Å²) in [7, 11) is 0. The first kappa shape index (κ1) is 20.1. The molecular formula is C23H20FN5O2. The van der Waals surface area contributed by atoms with Crippen LogP contribution >= 0.6 is 0 Å². The highest BCUT2D eigenvalue weighted by molar-refractivity contribution is 6.06. The van der Waals surface area contributed by atoms with E-state index in [0.717, 1.165) is 16.5 Å². The van der Waals surface area contributed by atoms with Gasteiger partial charge >= 0.3 is 6.03 Å². The number of hydrogen-bond donors (Lipinski definition) is 4. The summed E-state index contributed by atoms with van der Waals surface area (Å²) < 4.78 is 13.5. The number of para-hydroxylation sites is 1. The van der Waals surface area contributed by atoms with Crippen LogP contribution in [-0.2, 0) is 6.42 Å². The maximum Gasteiger partial charge on any atom is 0.323 e. The highest BCUT2D eigenvalue weighted by atomic mass is 19.1. The SMILES string of the molecule is O=C(Nc1ccccc1)Nc1cnccc1C(=O)NCCc1c[nH]c2ccc(F)cc12. The van der Waals surface area contributed by atoms with Crippen LogP contribution in [0.15, 0.2) is 73.2 Å². The van der Waals surface area contributed by atoms with Crippen molar-refractivity contribution in [1.29, 1.82) is 0 Å². The number of rotatable bonds is 6. The zero-order valence-electron chi connectivity index (χ0n) is 16.5. The van der Waals surface area contributed by atoms with Crippen molar-refractivity contribution < 1.29 is 14.0 Å². The molecule has 7 nitrogen and oxygen atoms in total. The topological polar surface area (TPSA) is 98.9 Å². The van der Waals surface area contributed by atoms with E-state index in [1.54, 1.807) is 30.3 Å². The molecule has 4 rings (SSSR count). The van der Waals surface area contributed by atoms with Gasteiger partial charge in [0.2, 0.25) is 0 Å². The molecule has 0 radical (unpaired) electrons. The zero-order chi connectivity index (χ0) is 21.6. The lowest BCUT2D eigenvalue weighted by Crippen LogP contribution is -2.28. The van der Waals surface area contributed by atoms with Crippen molar-refractivity contribution in [3.8, 4) is 0 Å². The molecule has 0 atom stereocenters. The van der Waals surface area contributed by atoms with Gasteiger partial charge in [0.15, 0.2) is 0 Å². The molecule has 0 fully saturated rings. The Morgan fingerprint density at radius 1 is 1.03 bits per heavy atom. The lowest BCUT2D eigenvalue weighted by molar-refractivity contribution is 0.0955. The second kappa shape index (κ2) is 9.08. The maximum atomic E-state index is 13.5. The molecule has 0 saturated carbocycles. The van der Waals surface area contributed by atoms with Crippen LogP contribution in [0.2, 0.25) is 0 Å². The molecule has 4 aromatic rings. The van der Waals surface area contributed by atoms with Crippen LogP contribution in [-0.4, -0.2) is 28.5 Å². The van der Waals surface area contributed by atoms with Gasteiger partial charge < -0.3 is 20.9 Å². The number of amides is 3. The van der Waals surface area contributed by atoms with Gasteiger partial charge in [-0.3, -0.25) is 9.78 Å². The molecule has 3 amide bonds. The van der Waals surface area contributed by atoms with E-state index in [0.29, 0.717) is 29.9 Å². The normalized spacial score (nSPS) is 10.6. The molecule has 31 heavy (non-hydrogen) atoms. The molecule has 0 saturated heterocycles. The van der Waals surface area contributed by atoms with Gasteiger partial charge in [-0.1, -0.05) is 18.2 Å². The second-order valence-electron chi connectivity index (χ2n) is 6.88. The van der Waals surface area contributed by atoms with Gasteiger partial charge in [-0.05, 0) is 48.4 Å². The standard InChI is InChI=1S/C23H20FN5O2/c24-16-6-7-20-19(12-16)15(13-27-20)8-11-26-22(30)18-9-10-25-14-21(18)29-23(31)28-17-4-2-1-3-5-17/h1-7,9-10,12-14,27H,8,11H2,(H,26,30)(H2,28,29,31). The fourth-order valence-corrected chi connectivity index (χ4v) is 3.26. The molecule has 2 aromatic heterocycles. The smallest absolute Gasteiger partial charge is 0.323 e. The van der Waals surface area contributed by atoms with Gasteiger partial charge in [0.1, 0.15) is 5.82 Å². The van der Waals surface area contributed by atoms with Crippen LogP contribution in [0.1, 0.15) is 15.9 Å². The van der Waals surface area contributed by atoms with Gasteiger partial charge in [0.25, 0.3) is 5.91 Å². The third-order valence-electron chi connectivity index (χ3n) is 4.75. The Morgan fingerprint density at radius 2 is 1.87 bits per heavy atom. The number of fused-ring (bicyclic) bond motifs is 1. The number of H-pyrrole nitrogens is 1. The summed E-state index contributed by atoms with van der Waals surface area (Å²) in [5.41, 5.74) is 2.97. The summed E-state index contributed by atoms with van der Waals surface area (Å²) in [4.78, 5) is 32.0. The van der Waals surface area contributed by atoms with Gasteiger partial charge in [-0.2, -0.15) is 0 Å². The van der Waals surface area contributed by atoms with E-state index in [1.807, 2.05) is 12.3 Å². The minimum absolute atomic E-state index is 0.294. The van der Waals surface area contributed by atoms with Gasteiger partial charge in [-0.25, -0.2) is 9.18 Å². The summed E-state index contributed by atoms with van der Waals surface area (Å²) in [6.07, 6.45) is 5.24. The average molecular weight is 417 g/mol. The van der Waals surface area contributed by atoms with Gasteiger partial charge in [-0.15, -0.1) is 0 Å². The zero-order valence-corrected chi connectivity index (χ0v) is 16.5. The number of nitrogens with one attached hydrogen (secondary N) is 4. The number of pyridine rings is 1. The predicted molar refractivity (Wildman–Crippen MR) is 118 cm³/mol. The van der Waals surface area contributed by atoms with Crippen molar-refractivity contribution in [3.63, 3.8) is 0 Å². The molecule has 0 aliphatic heterocycles. The van der Waals surface area contributed by atoms with Crippen LogP contribution < -0.4 is 16.0 Å². The lowest BCUT2D eigenvalue weighted by Gasteiger charge is -2.12. The van der Waals surface area contributed by atoms with E-state index in [1.165, 1.54) is 30.6 Å². The second-order valence-corrected chi connectivity index (χ2v) is 6.88. The van der Waals surface area contributed by atoms with Crippen molar-refractivity contribution in [3.05, 3.63) is 90.1 Å². The van der Waals surface area contributed by atoms with Crippen molar-refractivity contribution in [2.75, 3.05) is 17.2 Å². The number of benzene rings is 2. The first-order valence-corrected chi connectivity index (χ1v) is 9.71. The highest BCUT2D eigenvalue weighted by Gasteiger charge is 2.14. The number of urea groups is 1. The average Bonchev–Trinajstić information content (AvgIpc) is 3.16. The van der Waals surface area contributed by atoms with Crippen molar-refractivity contribution in [2.24, 2.45) is 0 Å². The number of aromatic nitrogens is 2. The number of nitrogens with zero attached hydrogens (tertiary/aromatic N) is 1.